The first kappa shape index (κ1) is 20.7. The number of primary amides is 1. The van der Waals surface area contributed by atoms with Crippen LogP contribution in [0.3, 0.4) is 0 Å². The fourth-order valence-electron chi connectivity index (χ4n) is 2.25. The van der Waals surface area contributed by atoms with Crippen molar-refractivity contribution >= 4 is 18.3 Å². The molecule has 2 aromatic carbocycles. The summed E-state index contributed by atoms with van der Waals surface area (Å²) in [6.45, 7) is 1.07. The van der Waals surface area contributed by atoms with Crippen molar-refractivity contribution in [3.63, 3.8) is 0 Å². The molecule has 0 aliphatic heterocycles. The fraction of sp³-hybridized carbons (Fsp3) is 0.278. The van der Waals surface area contributed by atoms with Crippen LogP contribution in [0.1, 0.15) is 11.1 Å². The van der Waals surface area contributed by atoms with E-state index >= 15 is 0 Å². The van der Waals surface area contributed by atoms with E-state index in [2.05, 4.69) is 5.32 Å². The second-order valence-electron chi connectivity index (χ2n) is 5.26. The van der Waals surface area contributed by atoms with Gasteiger partial charge in [-0.25, -0.2) is 4.39 Å². The monoisotopic (exact) mass is 368 g/mol. The fourth-order valence-corrected chi connectivity index (χ4v) is 2.25. The van der Waals surface area contributed by atoms with E-state index in [4.69, 9.17) is 15.2 Å². The standard InChI is InChI=1S/C18H21FN2O3.ClH/c1-23-17-10-13(6-7-16(17)24-12-18(20)22)11-21-9-8-14-4-2-3-5-15(14)19;/h2-7,10,21H,8-9,11-12H2,1H3,(H2,20,22);1H. The van der Waals surface area contributed by atoms with Crippen LogP contribution < -0.4 is 20.5 Å². The highest BCUT2D eigenvalue weighted by Gasteiger charge is 2.07. The van der Waals surface area contributed by atoms with Crippen LogP contribution in [0, 0.1) is 5.82 Å². The molecule has 3 N–H and O–H groups in total. The number of benzene rings is 2. The molecule has 1 amide bonds. The Morgan fingerprint density at radius 1 is 1.20 bits per heavy atom. The van der Waals surface area contributed by atoms with Gasteiger partial charge in [-0.15, -0.1) is 12.4 Å². The number of methoxy groups -OCH3 is 1. The zero-order chi connectivity index (χ0) is 17.4. The second-order valence-corrected chi connectivity index (χ2v) is 5.26. The van der Waals surface area contributed by atoms with Gasteiger partial charge in [-0.3, -0.25) is 4.79 Å². The van der Waals surface area contributed by atoms with Gasteiger partial charge in [-0.2, -0.15) is 0 Å². The van der Waals surface area contributed by atoms with Gasteiger partial charge in [0.2, 0.25) is 0 Å². The van der Waals surface area contributed by atoms with Crippen molar-refractivity contribution < 1.29 is 18.7 Å². The highest BCUT2D eigenvalue weighted by molar-refractivity contribution is 5.85. The highest BCUT2D eigenvalue weighted by atomic mass is 35.5. The Balaban J connectivity index is 0.00000312. The van der Waals surface area contributed by atoms with Gasteiger partial charge in [-0.1, -0.05) is 24.3 Å². The molecule has 7 heteroatoms. The Hall–Kier alpha value is -2.31. The van der Waals surface area contributed by atoms with Crippen LogP contribution in [-0.2, 0) is 17.8 Å². The summed E-state index contributed by atoms with van der Waals surface area (Å²) in [5.74, 6) is 0.268. The molecule has 0 aromatic heterocycles. The van der Waals surface area contributed by atoms with E-state index < -0.39 is 5.91 Å². The molecule has 0 aliphatic carbocycles. The molecule has 0 atom stereocenters. The first-order valence-corrected chi connectivity index (χ1v) is 7.62. The van der Waals surface area contributed by atoms with Crippen molar-refractivity contribution in [2.24, 2.45) is 5.73 Å². The van der Waals surface area contributed by atoms with Crippen molar-refractivity contribution in [1.29, 1.82) is 0 Å². The number of halogens is 2. The lowest BCUT2D eigenvalue weighted by molar-refractivity contribution is -0.119. The maximum Gasteiger partial charge on any atom is 0.255 e. The summed E-state index contributed by atoms with van der Waals surface area (Å²) in [5.41, 5.74) is 6.74. The van der Waals surface area contributed by atoms with Gasteiger partial charge < -0.3 is 20.5 Å². The van der Waals surface area contributed by atoms with E-state index in [0.29, 0.717) is 36.6 Å². The lowest BCUT2D eigenvalue weighted by Gasteiger charge is -2.12. The van der Waals surface area contributed by atoms with Crippen molar-refractivity contribution in [1.82, 2.24) is 5.32 Å². The van der Waals surface area contributed by atoms with Gasteiger partial charge in [0.15, 0.2) is 18.1 Å². The van der Waals surface area contributed by atoms with E-state index in [-0.39, 0.29) is 24.8 Å². The molecule has 0 fully saturated rings. The minimum atomic E-state index is -0.545. The number of rotatable bonds is 9. The van der Waals surface area contributed by atoms with Gasteiger partial charge in [0.1, 0.15) is 5.82 Å². The minimum Gasteiger partial charge on any atom is -0.493 e. The topological polar surface area (TPSA) is 73.6 Å². The predicted molar refractivity (Wildman–Crippen MR) is 96.7 cm³/mol. The predicted octanol–water partition coefficient (Wildman–Crippen LogP) is 2.45. The van der Waals surface area contributed by atoms with E-state index in [9.17, 15) is 9.18 Å². The lowest BCUT2D eigenvalue weighted by atomic mass is 10.1. The molecule has 25 heavy (non-hydrogen) atoms. The number of nitrogens with one attached hydrogen (secondary N) is 1. The third kappa shape index (κ3) is 6.60. The van der Waals surface area contributed by atoms with Crippen LogP contribution >= 0.6 is 12.4 Å². The molecule has 2 aromatic rings. The van der Waals surface area contributed by atoms with Gasteiger partial charge in [0, 0.05) is 6.54 Å². The summed E-state index contributed by atoms with van der Waals surface area (Å²) in [7, 11) is 1.53. The summed E-state index contributed by atoms with van der Waals surface area (Å²) in [6.07, 6.45) is 0.615. The molecule has 0 spiro atoms. The average Bonchev–Trinajstić information content (AvgIpc) is 2.58. The molecular formula is C18H22ClFN2O3. The number of amides is 1. The van der Waals surface area contributed by atoms with Gasteiger partial charge in [0.25, 0.3) is 5.91 Å². The van der Waals surface area contributed by atoms with Crippen LogP contribution in [0.15, 0.2) is 42.5 Å². The molecule has 0 bridgehead atoms. The molecule has 136 valence electrons. The Kier molecular flexibility index (Phi) is 8.74. The summed E-state index contributed by atoms with van der Waals surface area (Å²) in [6, 6.07) is 12.2. The largest absolute Gasteiger partial charge is 0.493 e. The molecule has 0 unspecified atom stereocenters. The number of carbonyl (C=O) groups excluding carboxylic acids is 1. The third-order valence-electron chi connectivity index (χ3n) is 3.46. The molecule has 5 nitrogen and oxygen atoms in total. The number of carbonyl (C=O) groups is 1. The quantitative estimate of drug-likeness (QED) is 0.667. The summed E-state index contributed by atoms with van der Waals surface area (Å²) < 4.78 is 24.1. The molecular weight excluding hydrogens is 347 g/mol. The summed E-state index contributed by atoms with van der Waals surface area (Å²) in [4.78, 5) is 10.8. The Morgan fingerprint density at radius 2 is 1.96 bits per heavy atom. The SMILES string of the molecule is COc1cc(CNCCc2ccccc2F)ccc1OCC(N)=O.Cl. The number of hydrogen-bond acceptors (Lipinski definition) is 4. The van der Waals surface area contributed by atoms with Crippen molar-refractivity contribution in [3.8, 4) is 11.5 Å². The van der Waals surface area contributed by atoms with Crippen LogP contribution in [-0.4, -0.2) is 26.2 Å². The number of ether oxygens (including phenoxy) is 2. The van der Waals surface area contributed by atoms with Crippen LogP contribution in [0.2, 0.25) is 0 Å². The molecule has 0 saturated carbocycles. The molecule has 0 aliphatic rings. The van der Waals surface area contributed by atoms with Crippen molar-refractivity contribution in [2.75, 3.05) is 20.3 Å². The van der Waals surface area contributed by atoms with Crippen molar-refractivity contribution in [2.45, 2.75) is 13.0 Å². The molecule has 2 rings (SSSR count). The minimum absolute atomic E-state index is 0. The number of hydrogen-bond donors (Lipinski definition) is 2. The highest BCUT2D eigenvalue weighted by Crippen LogP contribution is 2.27. The second kappa shape index (κ2) is 10.5. The average molecular weight is 369 g/mol. The van der Waals surface area contributed by atoms with Gasteiger partial charge in [-0.05, 0) is 42.3 Å². The van der Waals surface area contributed by atoms with E-state index in [1.807, 2.05) is 18.2 Å². The lowest BCUT2D eigenvalue weighted by Crippen LogP contribution is -2.20. The summed E-state index contributed by atoms with van der Waals surface area (Å²) >= 11 is 0. The van der Waals surface area contributed by atoms with Crippen molar-refractivity contribution in [3.05, 3.63) is 59.4 Å². The van der Waals surface area contributed by atoms with Crippen LogP contribution in [0.4, 0.5) is 4.39 Å². The van der Waals surface area contributed by atoms with E-state index in [0.717, 1.165) is 5.56 Å². The zero-order valence-electron chi connectivity index (χ0n) is 14.0. The molecule has 0 saturated heterocycles. The summed E-state index contributed by atoms with van der Waals surface area (Å²) in [5, 5.41) is 3.26. The molecule has 0 heterocycles. The van der Waals surface area contributed by atoms with Crippen LogP contribution in [0.25, 0.3) is 0 Å². The Labute approximate surface area is 152 Å². The smallest absolute Gasteiger partial charge is 0.255 e. The third-order valence-corrected chi connectivity index (χ3v) is 3.46. The van der Waals surface area contributed by atoms with Gasteiger partial charge >= 0.3 is 0 Å². The zero-order valence-corrected chi connectivity index (χ0v) is 14.8. The van der Waals surface area contributed by atoms with Gasteiger partial charge in [0.05, 0.1) is 7.11 Å². The normalized spacial score (nSPS) is 10.0. The molecule has 0 radical (unpaired) electrons. The number of nitrogens with two attached hydrogens (primary N) is 1. The Morgan fingerprint density at radius 3 is 2.64 bits per heavy atom. The first-order chi connectivity index (χ1) is 11.6. The van der Waals surface area contributed by atoms with E-state index in [1.165, 1.54) is 13.2 Å². The Bertz CT molecular complexity index is 698. The maximum absolute atomic E-state index is 13.5. The van der Waals surface area contributed by atoms with Crippen LogP contribution in [0.5, 0.6) is 11.5 Å². The first-order valence-electron chi connectivity index (χ1n) is 7.62. The maximum atomic E-state index is 13.5. The van der Waals surface area contributed by atoms with E-state index in [1.54, 1.807) is 18.2 Å².